The van der Waals surface area contributed by atoms with E-state index in [2.05, 4.69) is 20.1 Å². The van der Waals surface area contributed by atoms with Crippen LogP contribution in [-0.4, -0.2) is 74.8 Å². The maximum absolute atomic E-state index is 6.06. The highest BCUT2D eigenvalue weighted by Crippen LogP contribution is 2.19. The first-order valence-electron chi connectivity index (χ1n) is 8.88. The maximum atomic E-state index is 6.06. The van der Waals surface area contributed by atoms with Crippen LogP contribution in [0.4, 0.5) is 0 Å². The highest BCUT2D eigenvalue weighted by molar-refractivity contribution is 6.34. The largest absolute Gasteiger partial charge is 0.379 e. The summed E-state index contributed by atoms with van der Waals surface area (Å²) in [4.78, 5) is 9.35. The van der Waals surface area contributed by atoms with Crippen LogP contribution >= 0.6 is 23.2 Å². The lowest BCUT2D eigenvalue weighted by molar-refractivity contribution is 0.0195. The van der Waals surface area contributed by atoms with Gasteiger partial charge in [-0.05, 0) is 36.6 Å². The van der Waals surface area contributed by atoms with Gasteiger partial charge in [-0.1, -0.05) is 23.2 Å². The molecule has 0 aliphatic carbocycles. The van der Waals surface area contributed by atoms with Gasteiger partial charge >= 0.3 is 0 Å². The molecule has 2 saturated heterocycles. The van der Waals surface area contributed by atoms with Crippen molar-refractivity contribution < 1.29 is 4.74 Å². The molecule has 0 radical (unpaired) electrons. The Morgan fingerprint density at radius 1 is 1.20 bits per heavy atom. The lowest BCUT2D eigenvalue weighted by Gasteiger charge is -2.32. The number of hydrogen-bond donors (Lipinski definition) is 1. The van der Waals surface area contributed by atoms with Gasteiger partial charge in [0, 0.05) is 55.9 Å². The minimum Gasteiger partial charge on any atom is -0.379 e. The standard InChI is InChI=1S/C18H26Cl2N4O/c1-21-18(22-4-2-14-10-15(19)12-16(20)11-14)24-5-3-17(13-24)23-6-8-25-9-7-23/h10-12,17H,2-9,13H2,1H3,(H,21,22). The average molecular weight is 385 g/mol. The molecular weight excluding hydrogens is 359 g/mol. The van der Waals surface area contributed by atoms with Crippen LogP contribution < -0.4 is 5.32 Å². The predicted molar refractivity (Wildman–Crippen MR) is 104 cm³/mol. The molecule has 0 bridgehead atoms. The van der Waals surface area contributed by atoms with Crippen molar-refractivity contribution in [1.82, 2.24) is 15.1 Å². The zero-order valence-corrected chi connectivity index (χ0v) is 16.2. The number of aliphatic imine (C=N–C) groups is 1. The first kappa shape index (κ1) is 18.8. The smallest absolute Gasteiger partial charge is 0.193 e. The SMILES string of the molecule is CN=C(NCCc1cc(Cl)cc(Cl)c1)N1CCC(N2CCOCC2)C1. The monoisotopic (exact) mass is 384 g/mol. The van der Waals surface area contributed by atoms with Gasteiger partial charge in [0.05, 0.1) is 13.2 Å². The van der Waals surface area contributed by atoms with Crippen LogP contribution in [0.15, 0.2) is 23.2 Å². The van der Waals surface area contributed by atoms with E-state index >= 15 is 0 Å². The highest BCUT2D eigenvalue weighted by atomic mass is 35.5. The van der Waals surface area contributed by atoms with E-state index in [4.69, 9.17) is 27.9 Å². The van der Waals surface area contributed by atoms with Gasteiger partial charge in [0.15, 0.2) is 5.96 Å². The summed E-state index contributed by atoms with van der Waals surface area (Å²) in [6, 6.07) is 6.29. The van der Waals surface area contributed by atoms with Crippen LogP contribution in [0, 0.1) is 0 Å². The number of hydrogen-bond acceptors (Lipinski definition) is 3. The summed E-state index contributed by atoms with van der Waals surface area (Å²) in [6.07, 6.45) is 2.05. The van der Waals surface area contributed by atoms with E-state index in [0.717, 1.165) is 63.9 Å². The molecule has 138 valence electrons. The number of likely N-dealkylation sites (tertiary alicyclic amines) is 1. The molecule has 0 saturated carbocycles. The molecule has 0 aromatic heterocycles. The Balaban J connectivity index is 1.48. The summed E-state index contributed by atoms with van der Waals surface area (Å²) in [6.45, 7) is 6.67. The molecule has 1 N–H and O–H groups in total. The fraction of sp³-hybridized carbons (Fsp3) is 0.611. The second-order valence-electron chi connectivity index (χ2n) is 6.54. The molecule has 0 amide bonds. The summed E-state index contributed by atoms with van der Waals surface area (Å²) in [7, 11) is 1.85. The Morgan fingerprint density at radius 2 is 1.92 bits per heavy atom. The molecule has 1 aromatic carbocycles. The van der Waals surface area contributed by atoms with E-state index < -0.39 is 0 Å². The van der Waals surface area contributed by atoms with Crippen molar-refractivity contribution >= 4 is 29.2 Å². The number of ether oxygens (including phenoxy) is 1. The molecule has 7 heteroatoms. The zero-order chi connectivity index (χ0) is 17.6. The fourth-order valence-electron chi connectivity index (χ4n) is 3.58. The fourth-order valence-corrected chi connectivity index (χ4v) is 4.15. The molecule has 2 aliphatic rings. The second-order valence-corrected chi connectivity index (χ2v) is 7.41. The van der Waals surface area contributed by atoms with Crippen LogP contribution in [0.2, 0.25) is 10.0 Å². The Kier molecular flexibility index (Phi) is 6.82. The molecule has 3 rings (SSSR count). The molecule has 2 heterocycles. The summed E-state index contributed by atoms with van der Waals surface area (Å²) in [5.74, 6) is 0.976. The summed E-state index contributed by atoms with van der Waals surface area (Å²) in [5, 5.41) is 4.83. The zero-order valence-electron chi connectivity index (χ0n) is 14.7. The summed E-state index contributed by atoms with van der Waals surface area (Å²) in [5.41, 5.74) is 1.13. The van der Waals surface area contributed by atoms with Gasteiger partial charge in [-0.15, -0.1) is 0 Å². The van der Waals surface area contributed by atoms with Crippen molar-refractivity contribution in [1.29, 1.82) is 0 Å². The molecule has 2 fully saturated rings. The topological polar surface area (TPSA) is 40.1 Å². The molecule has 2 aliphatic heterocycles. The van der Waals surface area contributed by atoms with Gasteiger partial charge < -0.3 is 15.0 Å². The predicted octanol–water partition coefficient (Wildman–Crippen LogP) is 2.52. The molecule has 0 spiro atoms. The minimum atomic E-state index is 0.606. The van der Waals surface area contributed by atoms with Gasteiger partial charge in [-0.2, -0.15) is 0 Å². The Labute approximate surface area is 159 Å². The van der Waals surface area contributed by atoms with Crippen molar-refractivity contribution in [2.24, 2.45) is 4.99 Å². The van der Waals surface area contributed by atoms with Crippen LogP contribution in [0.1, 0.15) is 12.0 Å². The van der Waals surface area contributed by atoms with Crippen LogP contribution in [-0.2, 0) is 11.2 Å². The second kappa shape index (κ2) is 9.08. The van der Waals surface area contributed by atoms with E-state index in [1.54, 1.807) is 6.07 Å². The van der Waals surface area contributed by atoms with E-state index in [0.29, 0.717) is 16.1 Å². The number of morpholine rings is 1. The normalized spacial score (nSPS) is 22.4. The molecule has 1 aromatic rings. The number of nitrogens with one attached hydrogen (secondary N) is 1. The quantitative estimate of drug-likeness (QED) is 0.639. The average Bonchev–Trinajstić information content (AvgIpc) is 3.08. The number of nitrogens with zero attached hydrogens (tertiary/aromatic N) is 3. The van der Waals surface area contributed by atoms with Crippen molar-refractivity contribution in [3.8, 4) is 0 Å². The van der Waals surface area contributed by atoms with Gasteiger partial charge in [-0.3, -0.25) is 9.89 Å². The van der Waals surface area contributed by atoms with E-state index in [1.807, 2.05) is 19.2 Å². The Bertz CT molecular complexity index is 584. The third-order valence-corrected chi connectivity index (χ3v) is 5.29. The third kappa shape index (κ3) is 5.23. The molecule has 1 atom stereocenters. The number of guanidine groups is 1. The maximum Gasteiger partial charge on any atom is 0.193 e. The third-order valence-electron chi connectivity index (χ3n) is 4.86. The molecule has 25 heavy (non-hydrogen) atoms. The number of halogens is 2. The number of rotatable bonds is 4. The van der Waals surface area contributed by atoms with E-state index in [-0.39, 0.29) is 0 Å². The molecule has 1 unspecified atom stereocenters. The number of benzene rings is 1. The highest BCUT2D eigenvalue weighted by Gasteiger charge is 2.30. The Hall–Kier alpha value is -1.01. The lowest BCUT2D eigenvalue weighted by atomic mass is 10.1. The Morgan fingerprint density at radius 3 is 2.60 bits per heavy atom. The van der Waals surface area contributed by atoms with Crippen LogP contribution in [0.25, 0.3) is 0 Å². The van der Waals surface area contributed by atoms with Crippen molar-refractivity contribution in [3.63, 3.8) is 0 Å². The summed E-state index contributed by atoms with van der Waals surface area (Å²) >= 11 is 12.1. The minimum absolute atomic E-state index is 0.606. The van der Waals surface area contributed by atoms with Crippen LogP contribution in [0.3, 0.4) is 0 Å². The first-order valence-corrected chi connectivity index (χ1v) is 9.63. The van der Waals surface area contributed by atoms with Gasteiger partial charge in [0.1, 0.15) is 0 Å². The van der Waals surface area contributed by atoms with Gasteiger partial charge in [-0.25, -0.2) is 0 Å². The summed E-state index contributed by atoms with van der Waals surface area (Å²) < 4.78 is 5.46. The van der Waals surface area contributed by atoms with Crippen molar-refractivity contribution in [3.05, 3.63) is 33.8 Å². The molecular formula is C18H26Cl2N4O. The molecule has 5 nitrogen and oxygen atoms in total. The lowest BCUT2D eigenvalue weighted by Crippen LogP contribution is -2.46. The first-order chi connectivity index (χ1) is 12.2. The van der Waals surface area contributed by atoms with Crippen LogP contribution in [0.5, 0.6) is 0 Å². The van der Waals surface area contributed by atoms with Gasteiger partial charge in [0.25, 0.3) is 0 Å². The van der Waals surface area contributed by atoms with E-state index in [9.17, 15) is 0 Å². The van der Waals surface area contributed by atoms with Gasteiger partial charge in [0.2, 0.25) is 0 Å². The van der Waals surface area contributed by atoms with Crippen molar-refractivity contribution in [2.75, 3.05) is 53.0 Å². The van der Waals surface area contributed by atoms with Crippen molar-refractivity contribution in [2.45, 2.75) is 18.9 Å². The van der Waals surface area contributed by atoms with E-state index in [1.165, 1.54) is 6.42 Å².